The van der Waals surface area contributed by atoms with E-state index < -0.39 is 21.3 Å². The van der Waals surface area contributed by atoms with Crippen molar-refractivity contribution in [1.29, 1.82) is 0 Å². The van der Waals surface area contributed by atoms with Crippen LogP contribution in [0.2, 0.25) is 0 Å². The van der Waals surface area contributed by atoms with E-state index in [-0.39, 0.29) is 24.8 Å². The largest absolute Gasteiger partial charge is 1.00 e. The quantitative estimate of drug-likeness (QED) is 0.537. The molecule has 2 aliphatic carbocycles. The molecule has 0 N–H and O–H groups in total. The topological polar surface area (TPSA) is 0 Å². The van der Waals surface area contributed by atoms with Crippen molar-refractivity contribution in [3.05, 3.63) is 41.5 Å². The van der Waals surface area contributed by atoms with Crippen LogP contribution >= 0.6 is 0 Å². The maximum absolute atomic E-state index is 4.53. The third-order valence-electron chi connectivity index (χ3n) is 3.44. The van der Waals surface area contributed by atoms with Crippen LogP contribution in [-0.2, 0) is 21.3 Å². The first-order valence-corrected chi connectivity index (χ1v) is 9.72. The summed E-state index contributed by atoms with van der Waals surface area (Å²) < 4.78 is 7.91. The van der Waals surface area contributed by atoms with E-state index in [2.05, 4.69) is 43.2 Å². The fourth-order valence-electron chi connectivity index (χ4n) is 2.22. The van der Waals surface area contributed by atoms with Gasteiger partial charge < -0.3 is 24.8 Å². The molecular weight excluding hydrogens is 330 g/mol. The van der Waals surface area contributed by atoms with Crippen LogP contribution in [0.5, 0.6) is 0 Å². The van der Waals surface area contributed by atoms with Gasteiger partial charge in [0.1, 0.15) is 0 Å². The van der Waals surface area contributed by atoms with Gasteiger partial charge in [-0.05, 0) is 0 Å². The fraction of sp³-hybridized carbons (Fsp3) is 0.357. The van der Waals surface area contributed by atoms with E-state index in [1.54, 1.807) is 12.1 Å². The van der Waals surface area contributed by atoms with Crippen LogP contribution in [0.1, 0.15) is 33.6 Å². The van der Waals surface area contributed by atoms with E-state index >= 15 is 0 Å². The van der Waals surface area contributed by atoms with Gasteiger partial charge in [-0.3, -0.25) is 0 Å². The summed E-state index contributed by atoms with van der Waals surface area (Å²) >= 11 is -1.65. The van der Waals surface area contributed by atoms with Gasteiger partial charge in [0.05, 0.1) is 0 Å². The fourth-order valence-corrected chi connectivity index (χ4v) is 7.58. The van der Waals surface area contributed by atoms with Gasteiger partial charge in [-0.15, -0.1) is 0 Å². The number of hydrogen-bond donors (Lipinski definition) is 0. The summed E-state index contributed by atoms with van der Waals surface area (Å²) in [6.45, 7) is 6.73. The molecule has 0 spiro atoms. The molecule has 0 unspecified atom stereocenters. The normalized spacial score (nSPS) is 17.4. The predicted octanol–water partition coefficient (Wildman–Crippen LogP) is -2.10. The average Bonchev–Trinajstić information content (AvgIpc) is 2.74. The second kappa shape index (κ2) is 7.02. The molecule has 0 bridgehead atoms. The summed E-state index contributed by atoms with van der Waals surface area (Å²) in [4.78, 5) is 0. The maximum atomic E-state index is 4.53. The molecule has 0 aromatic heterocycles. The van der Waals surface area contributed by atoms with E-state index in [1.807, 2.05) is 0 Å². The van der Waals surface area contributed by atoms with Crippen molar-refractivity contribution in [2.75, 3.05) is 0 Å². The summed E-state index contributed by atoms with van der Waals surface area (Å²) in [7, 11) is 0. The number of rotatable bonds is 2. The van der Waals surface area contributed by atoms with E-state index in [9.17, 15) is 0 Å². The minimum absolute atomic E-state index is 0. The van der Waals surface area contributed by atoms with Crippen LogP contribution in [-0.4, -0.2) is 4.21 Å². The molecule has 0 atom stereocenters. The maximum Gasteiger partial charge on any atom is -1.00 e. The van der Waals surface area contributed by atoms with Crippen LogP contribution in [0.25, 0.3) is 0 Å². The van der Waals surface area contributed by atoms with Gasteiger partial charge in [-0.2, -0.15) is 0 Å². The minimum Gasteiger partial charge on any atom is -1.00 e. The van der Waals surface area contributed by atoms with Crippen molar-refractivity contribution in [2.24, 2.45) is 0 Å². The van der Waals surface area contributed by atoms with E-state index in [0.717, 1.165) is 0 Å². The molecule has 2 aliphatic rings. The summed E-state index contributed by atoms with van der Waals surface area (Å²) in [6, 6.07) is 0. The Morgan fingerprint density at radius 1 is 1.12 bits per heavy atom. The molecular formula is C14H18Cl2Zr. The Kier molecular flexibility index (Phi) is 7.14. The van der Waals surface area contributed by atoms with Gasteiger partial charge in [-0.25, -0.2) is 0 Å². The van der Waals surface area contributed by atoms with E-state index in [0.29, 0.717) is 0 Å². The first-order valence-electron chi connectivity index (χ1n) is 5.52. The standard InChI is InChI=1S/C7H9.C6H7.CH2.2ClH.Zr/c1-6-4-3-5-7(6)2;1-6-4-2-3-5-6;;;;/h4H,5H2,1-2H3;2,4H,3H2,1H3;1H2;2*1H;/q;;;;;+2/p-2. The zero-order valence-corrected chi connectivity index (χ0v) is 14.6. The van der Waals surface area contributed by atoms with Gasteiger partial charge in [0, 0.05) is 0 Å². The second-order valence-electron chi connectivity index (χ2n) is 4.56. The van der Waals surface area contributed by atoms with Crippen LogP contribution < -0.4 is 24.8 Å². The molecule has 0 aromatic rings. The van der Waals surface area contributed by atoms with Gasteiger partial charge in [0.15, 0.2) is 0 Å². The number of hydrogen-bond acceptors (Lipinski definition) is 0. The van der Waals surface area contributed by atoms with E-state index in [4.69, 9.17) is 0 Å². The Morgan fingerprint density at radius 2 is 1.76 bits per heavy atom. The monoisotopic (exact) mass is 346 g/mol. The molecule has 17 heavy (non-hydrogen) atoms. The number of allylic oxidation sites excluding steroid dienone is 8. The van der Waals surface area contributed by atoms with Crippen LogP contribution in [0, 0.1) is 0 Å². The van der Waals surface area contributed by atoms with Gasteiger partial charge in [-0.1, -0.05) is 0 Å². The molecule has 0 heterocycles. The van der Waals surface area contributed by atoms with Crippen LogP contribution in [0.3, 0.4) is 0 Å². The molecule has 0 aliphatic heterocycles. The molecule has 0 saturated heterocycles. The second-order valence-corrected chi connectivity index (χ2v) is 9.97. The number of halogens is 2. The molecule has 0 radical (unpaired) electrons. The molecule has 2 rings (SSSR count). The first-order chi connectivity index (χ1) is 7.09. The van der Waals surface area contributed by atoms with Crippen molar-refractivity contribution in [3.8, 4) is 0 Å². The summed E-state index contributed by atoms with van der Waals surface area (Å²) in [6.07, 6.45) is 9.36. The van der Waals surface area contributed by atoms with Crippen molar-refractivity contribution < 1.29 is 46.1 Å². The third-order valence-corrected chi connectivity index (χ3v) is 9.39. The Labute approximate surface area is 125 Å². The molecule has 0 saturated carbocycles. The van der Waals surface area contributed by atoms with Gasteiger partial charge in [0.2, 0.25) is 0 Å². The van der Waals surface area contributed by atoms with Crippen molar-refractivity contribution >= 4 is 4.21 Å². The summed E-state index contributed by atoms with van der Waals surface area (Å²) in [5.74, 6) is 0. The SMILES string of the molecule is [CH2]=[Zr+2]([C]1=CC(C)=C(C)C1)[C]1=C(C)C=CC1.[Cl-].[Cl-]. The summed E-state index contributed by atoms with van der Waals surface area (Å²) in [5, 5.41) is 0. The van der Waals surface area contributed by atoms with Crippen molar-refractivity contribution in [1.82, 2.24) is 0 Å². The smallest absolute Gasteiger partial charge is 1.00 e. The van der Waals surface area contributed by atoms with Crippen molar-refractivity contribution in [3.63, 3.8) is 0 Å². The Hall–Kier alpha value is 0.293. The average molecular weight is 348 g/mol. The molecule has 92 valence electrons. The first kappa shape index (κ1) is 17.3. The van der Waals surface area contributed by atoms with Crippen LogP contribution in [0.4, 0.5) is 0 Å². The van der Waals surface area contributed by atoms with Crippen molar-refractivity contribution in [2.45, 2.75) is 33.6 Å². The zero-order valence-electron chi connectivity index (χ0n) is 10.6. The van der Waals surface area contributed by atoms with Gasteiger partial charge >= 0.3 is 101 Å². The minimum atomic E-state index is -1.65. The summed E-state index contributed by atoms with van der Waals surface area (Å²) in [5.41, 5.74) is 4.54. The van der Waals surface area contributed by atoms with E-state index in [1.165, 1.54) is 24.0 Å². The Balaban J connectivity index is 0.00000128. The van der Waals surface area contributed by atoms with Gasteiger partial charge in [0.25, 0.3) is 0 Å². The Morgan fingerprint density at radius 3 is 2.18 bits per heavy atom. The molecule has 0 nitrogen and oxygen atoms in total. The van der Waals surface area contributed by atoms with Crippen LogP contribution in [0.15, 0.2) is 41.5 Å². The predicted molar refractivity (Wildman–Crippen MR) is 64.7 cm³/mol. The molecule has 3 heteroatoms. The molecule has 0 fully saturated rings. The zero-order chi connectivity index (χ0) is 11.0. The molecule has 0 amide bonds. The third kappa shape index (κ3) is 3.63. The molecule has 0 aromatic carbocycles. The Bertz CT molecular complexity index is 451.